The van der Waals surface area contributed by atoms with Crippen LogP contribution in [0.4, 0.5) is 0 Å². The highest BCUT2D eigenvalue weighted by molar-refractivity contribution is 4.83. The largest absolute Gasteiger partial charge is 0.392 e. The summed E-state index contributed by atoms with van der Waals surface area (Å²) in [6, 6.07) is 0. The fraction of sp³-hybridized carbons (Fsp3) is 0.833. The number of unbranched alkanes of at least 4 members (excludes halogenated alkanes) is 1. The van der Waals surface area contributed by atoms with Gasteiger partial charge in [0.05, 0.1) is 6.61 Å². The molecule has 0 aromatic rings. The topological polar surface area (TPSA) is 20.2 Å². The van der Waals surface area contributed by atoms with Crippen LogP contribution in [0.1, 0.15) is 52.4 Å². The highest BCUT2D eigenvalue weighted by Crippen LogP contribution is 2.18. The second-order valence-corrected chi connectivity index (χ2v) is 3.69. The Labute approximate surface area is 82.9 Å². The number of hydrogen-bond donors (Lipinski definition) is 1. The molecule has 0 unspecified atom stereocenters. The van der Waals surface area contributed by atoms with Crippen molar-refractivity contribution in [1.82, 2.24) is 0 Å². The molecular formula is C12H24O. The minimum atomic E-state index is 0.187. The van der Waals surface area contributed by atoms with Gasteiger partial charge < -0.3 is 5.11 Å². The first kappa shape index (κ1) is 12.7. The highest BCUT2D eigenvalue weighted by Gasteiger charge is 2.04. The van der Waals surface area contributed by atoms with Gasteiger partial charge in [0.15, 0.2) is 0 Å². The molecule has 0 heterocycles. The molecule has 0 bridgehead atoms. The summed E-state index contributed by atoms with van der Waals surface area (Å²) in [5.74, 6) is 0.841. The van der Waals surface area contributed by atoms with E-state index in [9.17, 15) is 0 Å². The van der Waals surface area contributed by atoms with Crippen molar-refractivity contribution in [1.29, 1.82) is 0 Å². The van der Waals surface area contributed by atoms with Crippen LogP contribution in [0.2, 0.25) is 0 Å². The Balaban J connectivity index is 3.59. The summed E-state index contributed by atoms with van der Waals surface area (Å²) in [6.45, 7) is 4.67. The normalized spacial score (nSPS) is 13.8. The van der Waals surface area contributed by atoms with Crippen LogP contribution in [0.25, 0.3) is 0 Å². The van der Waals surface area contributed by atoms with Gasteiger partial charge in [-0.15, -0.1) is 0 Å². The Hall–Kier alpha value is -0.300. The zero-order valence-electron chi connectivity index (χ0n) is 9.13. The number of allylic oxidation sites excluding steroid dienone is 1. The van der Waals surface area contributed by atoms with Gasteiger partial charge >= 0.3 is 0 Å². The smallest absolute Gasteiger partial charge is 0.0612 e. The molecule has 0 saturated heterocycles. The van der Waals surface area contributed by atoms with Crippen LogP contribution in [-0.2, 0) is 0 Å². The Kier molecular flexibility index (Phi) is 9.56. The van der Waals surface area contributed by atoms with Crippen molar-refractivity contribution in [2.45, 2.75) is 52.4 Å². The van der Waals surface area contributed by atoms with Gasteiger partial charge in [0.25, 0.3) is 0 Å². The lowest BCUT2D eigenvalue weighted by molar-refractivity contribution is 0.341. The molecular weight excluding hydrogens is 160 g/mol. The molecule has 0 aromatic carbocycles. The van der Waals surface area contributed by atoms with E-state index in [2.05, 4.69) is 19.9 Å². The van der Waals surface area contributed by atoms with Crippen LogP contribution < -0.4 is 0 Å². The van der Waals surface area contributed by atoms with Gasteiger partial charge in [-0.25, -0.2) is 0 Å². The minimum absolute atomic E-state index is 0.187. The molecule has 0 aliphatic heterocycles. The van der Waals surface area contributed by atoms with E-state index in [0.29, 0.717) is 0 Å². The van der Waals surface area contributed by atoms with Crippen LogP contribution in [0, 0.1) is 5.92 Å². The predicted molar refractivity (Wildman–Crippen MR) is 58.8 cm³/mol. The fourth-order valence-corrected chi connectivity index (χ4v) is 1.64. The van der Waals surface area contributed by atoms with Gasteiger partial charge in [-0.05, 0) is 12.3 Å². The summed E-state index contributed by atoms with van der Waals surface area (Å²) >= 11 is 0. The van der Waals surface area contributed by atoms with Crippen LogP contribution >= 0.6 is 0 Å². The number of aliphatic hydroxyl groups is 1. The third kappa shape index (κ3) is 8.04. The number of hydrogen-bond acceptors (Lipinski definition) is 1. The van der Waals surface area contributed by atoms with Gasteiger partial charge in [0.2, 0.25) is 0 Å². The molecule has 78 valence electrons. The Morgan fingerprint density at radius 1 is 1.08 bits per heavy atom. The number of aliphatic hydroxyl groups excluding tert-OH is 1. The molecule has 0 rings (SSSR count). The van der Waals surface area contributed by atoms with Gasteiger partial charge in [-0.3, -0.25) is 0 Å². The van der Waals surface area contributed by atoms with Crippen LogP contribution in [0.15, 0.2) is 12.2 Å². The van der Waals surface area contributed by atoms with Crippen molar-refractivity contribution in [2.24, 2.45) is 5.92 Å². The summed E-state index contributed by atoms with van der Waals surface area (Å²) in [5.41, 5.74) is 0. The van der Waals surface area contributed by atoms with Crippen molar-refractivity contribution in [3.63, 3.8) is 0 Å². The van der Waals surface area contributed by atoms with E-state index < -0.39 is 0 Å². The van der Waals surface area contributed by atoms with Crippen molar-refractivity contribution < 1.29 is 5.11 Å². The maximum absolute atomic E-state index is 8.60. The van der Waals surface area contributed by atoms with E-state index in [-0.39, 0.29) is 6.61 Å². The van der Waals surface area contributed by atoms with Crippen molar-refractivity contribution >= 4 is 0 Å². The first-order valence-electron chi connectivity index (χ1n) is 5.61. The van der Waals surface area contributed by atoms with Gasteiger partial charge in [-0.2, -0.15) is 0 Å². The minimum Gasteiger partial charge on any atom is -0.392 e. The average molecular weight is 184 g/mol. The molecule has 0 saturated carbocycles. The van der Waals surface area contributed by atoms with Gasteiger partial charge in [0, 0.05) is 0 Å². The maximum atomic E-state index is 8.60. The van der Waals surface area contributed by atoms with Crippen LogP contribution in [0.3, 0.4) is 0 Å². The van der Waals surface area contributed by atoms with E-state index >= 15 is 0 Å². The second kappa shape index (κ2) is 9.79. The lowest BCUT2D eigenvalue weighted by Gasteiger charge is -2.12. The molecule has 1 heteroatoms. The SMILES string of the molecule is CCCC[C@H](C/C=C\CO)CCC. The standard InChI is InChI=1S/C12H24O/c1-3-5-9-12(8-4-2)10-6-7-11-13/h6-7,12-13H,3-5,8-11H2,1-2H3/b7-6-/t12-/m1/s1. The molecule has 1 atom stereocenters. The summed E-state index contributed by atoms with van der Waals surface area (Å²) in [6.07, 6.45) is 11.7. The molecule has 0 spiro atoms. The second-order valence-electron chi connectivity index (χ2n) is 3.69. The molecule has 1 N–H and O–H groups in total. The van der Waals surface area contributed by atoms with Gasteiger partial charge in [0.1, 0.15) is 0 Å². The third-order valence-electron chi connectivity index (χ3n) is 2.40. The van der Waals surface area contributed by atoms with E-state index in [1.807, 2.05) is 6.08 Å². The summed E-state index contributed by atoms with van der Waals surface area (Å²) < 4.78 is 0. The molecule has 0 aliphatic carbocycles. The van der Waals surface area contributed by atoms with Crippen LogP contribution in [-0.4, -0.2) is 11.7 Å². The average Bonchev–Trinajstić information content (AvgIpc) is 2.14. The van der Waals surface area contributed by atoms with E-state index in [1.54, 1.807) is 0 Å². The monoisotopic (exact) mass is 184 g/mol. The molecule has 0 fully saturated rings. The third-order valence-corrected chi connectivity index (χ3v) is 2.40. The quantitative estimate of drug-likeness (QED) is 0.572. The summed E-state index contributed by atoms with van der Waals surface area (Å²) in [7, 11) is 0. The zero-order valence-corrected chi connectivity index (χ0v) is 9.13. The first-order valence-corrected chi connectivity index (χ1v) is 5.61. The molecule has 1 nitrogen and oxygen atoms in total. The first-order chi connectivity index (χ1) is 6.35. The van der Waals surface area contributed by atoms with E-state index in [1.165, 1.54) is 32.1 Å². The molecule has 0 amide bonds. The lowest BCUT2D eigenvalue weighted by atomic mass is 9.94. The van der Waals surface area contributed by atoms with Crippen LogP contribution in [0.5, 0.6) is 0 Å². The Morgan fingerprint density at radius 3 is 2.38 bits per heavy atom. The highest BCUT2D eigenvalue weighted by atomic mass is 16.2. The van der Waals surface area contributed by atoms with E-state index in [4.69, 9.17) is 5.11 Å². The van der Waals surface area contributed by atoms with Gasteiger partial charge in [-0.1, -0.05) is 58.1 Å². The van der Waals surface area contributed by atoms with Crippen molar-refractivity contribution in [3.05, 3.63) is 12.2 Å². The van der Waals surface area contributed by atoms with Crippen molar-refractivity contribution in [3.8, 4) is 0 Å². The number of rotatable bonds is 8. The Morgan fingerprint density at radius 2 is 1.85 bits per heavy atom. The fourth-order valence-electron chi connectivity index (χ4n) is 1.64. The predicted octanol–water partition coefficient (Wildman–Crippen LogP) is 3.53. The zero-order chi connectivity index (χ0) is 9.94. The Bertz CT molecular complexity index is 118. The molecule has 0 radical (unpaired) electrons. The molecule has 0 aromatic heterocycles. The lowest BCUT2D eigenvalue weighted by Crippen LogP contribution is -1.98. The summed E-state index contributed by atoms with van der Waals surface area (Å²) in [4.78, 5) is 0. The molecule has 0 aliphatic rings. The molecule has 13 heavy (non-hydrogen) atoms. The summed E-state index contributed by atoms with van der Waals surface area (Å²) in [5, 5.41) is 8.60. The maximum Gasteiger partial charge on any atom is 0.0612 e. The van der Waals surface area contributed by atoms with Crippen molar-refractivity contribution in [2.75, 3.05) is 6.61 Å². The van der Waals surface area contributed by atoms with E-state index in [0.717, 1.165) is 12.3 Å².